The van der Waals surface area contributed by atoms with E-state index in [2.05, 4.69) is 6.08 Å². The Bertz CT molecular complexity index is 537. The maximum atomic E-state index is 12.2. The Labute approximate surface area is 113 Å². The first-order chi connectivity index (χ1) is 8.83. The third kappa shape index (κ3) is 2.56. The predicted molar refractivity (Wildman–Crippen MR) is 74.6 cm³/mol. The van der Waals surface area contributed by atoms with Crippen LogP contribution in [0.15, 0.2) is 29.8 Å². The van der Waals surface area contributed by atoms with E-state index in [-0.39, 0.29) is 5.78 Å². The van der Waals surface area contributed by atoms with Crippen LogP contribution in [0.5, 0.6) is 5.75 Å². The van der Waals surface area contributed by atoms with Crippen molar-refractivity contribution in [3.8, 4) is 5.75 Å². The maximum absolute atomic E-state index is 12.2. The average molecular weight is 260 g/mol. The first-order valence-electron chi connectivity index (χ1n) is 6.49. The number of aliphatic hydroxyl groups excluding tert-OH is 1. The standard InChI is InChI=1S/C16H20O3/c1-10(2)8-9-11-6-5-7-12-13(17)15(18)16(3,4)19-14(11)12/h5-8,15,18H,9H2,1-4H3. The van der Waals surface area contributed by atoms with Crippen LogP contribution in [0.3, 0.4) is 0 Å². The van der Waals surface area contributed by atoms with E-state index < -0.39 is 11.7 Å². The Morgan fingerprint density at radius 1 is 1.42 bits per heavy atom. The molecule has 1 atom stereocenters. The summed E-state index contributed by atoms with van der Waals surface area (Å²) in [6.07, 6.45) is 1.71. The molecule has 0 radical (unpaired) electrons. The molecular weight excluding hydrogens is 240 g/mol. The Hall–Kier alpha value is -1.61. The molecule has 0 bridgehead atoms. The van der Waals surface area contributed by atoms with Gasteiger partial charge >= 0.3 is 0 Å². The normalized spacial score (nSPS) is 20.5. The first-order valence-corrected chi connectivity index (χ1v) is 6.49. The molecule has 3 heteroatoms. The predicted octanol–water partition coefficient (Wildman–Crippen LogP) is 2.91. The minimum Gasteiger partial charge on any atom is -0.484 e. The topological polar surface area (TPSA) is 46.5 Å². The van der Waals surface area contributed by atoms with Gasteiger partial charge in [0.05, 0.1) is 5.56 Å². The van der Waals surface area contributed by atoms with Crippen LogP contribution in [-0.2, 0) is 6.42 Å². The van der Waals surface area contributed by atoms with Crippen molar-refractivity contribution in [2.24, 2.45) is 0 Å². The van der Waals surface area contributed by atoms with Crippen LogP contribution in [0.1, 0.15) is 43.6 Å². The van der Waals surface area contributed by atoms with Gasteiger partial charge in [0.1, 0.15) is 11.4 Å². The largest absolute Gasteiger partial charge is 0.484 e. The minimum atomic E-state index is -1.11. The summed E-state index contributed by atoms with van der Waals surface area (Å²) in [7, 11) is 0. The van der Waals surface area contributed by atoms with Crippen molar-refractivity contribution in [1.82, 2.24) is 0 Å². The number of carbonyl (C=O) groups is 1. The van der Waals surface area contributed by atoms with Gasteiger partial charge in [0.25, 0.3) is 0 Å². The highest BCUT2D eigenvalue weighted by Gasteiger charge is 2.42. The lowest BCUT2D eigenvalue weighted by Gasteiger charge is -2.36. The van der Waals surface area contributed by atoms with E-state index in [1.54, 1.807) is 19.9 Å². The van der Waals surface area contributed by atoms with Crippen molar-refractivity contribution in [1.29, 1.82) is 0 Å². The number of carbonyl (C=O) groups excluding carboxylic acids is 1. The molecule has 0 saturated heterocycles. The molecule has 0 fully saturated rings. The van der Waals surface area contributed by atoms with Gasteiger partial charge in [-0.05, 0) is 45.7 Å². The van der Waals surface area contributed by atoms with Crippen molar-refractivity contribution < 1.29 is 14.6 Å². The van der Waals surface area contributed by atoms with E-state index >= 15 is 0 Å². The number of Topliss-reactive ketones (excluding diaryl/α,β-unsaturated/α-hetero) is 1. The van der Waals surface area contributed by atoms with Crippen LogP contribution in [0, 0.1) is 0 Å². The Morgan fingerprint density at radius 2 is 2.11 bits per heavy atom. The lowest BCUT2D eigenvalue weighted by atomic mass is 9.88. The van der Waals surface area contributed by atoms with Crippen LogP contribution in [0.25, 0.3) is 0 Å². The van der Waals surface area contributed by atoms with Crippen LogP contribution in [-0.4, -0.2) is 22.6 Å². The summed E-state index contributed by atoms with van der Waals surface area (Å²) in [4.78, 5) is 12.2. The molecule has 3 nitrogen and oxygen atoms in total. The van der Waals surface area contributed by atoms with E-state index in [0.717, 1.165) is 12.0 Å². The Morgan fingerprint density at radius 3 is 2.74 bits per heavy atom. The summed E-state index contributed by atoms with van der Waals surface area (Å²) < 4.78 is 5.87. The number of aliphatic hydroxyl groups is 1. The molecular formula is C16H20O3. The number of rotatable bonds is 2. The molecule has 19 heavy (non-hydrogen) atoms. The number of para-hydroxylation sites is 1. The van der Waals surface area contributed by atoms with Gasteiger partial charge in [0, 0.05) is 0 Å². The highest BCUT2D eigenvalue weighted by atomic mass is 16.5. The fraction of sp³-hybridized carbons (Fsp3) is 0.438. The van der Waals surface area contributed by atoms with Crippen LogP contribution in [0.4, 0.5) is 0 Å². The summed E-state index contributed by atoms with van der Waals surface area (Å²) in [5, 5.41) is 9.97. The average Bonchev–Trinajstić information content (AvgIpc) is 2.33. The quantitative estimate of drug-likeness (QED) is 0.832. The summed E-state index contributed by atoms with van der Waals surface area (Å²) >= 11 is 0. The van der Waals surface area contributed by atoms with E-state index in [1.807, 2.05) is 26.0 Å². The minimum absolute atomic E-state index is 0.259. The fourth-order valence-corrected chi connectivity index (χ4v) is 2.16. The fourth-order valence-electron chi connectivity index (χ4n) is 2.16. The number of allylic oxidation sites excluding steroid dienone is 2. The highest BCUT2D eigenvalue weighted by Crippen LogP contribution is 2.36. The molecule has 1 aliphatic rings. The zero-order valence-electron chi connectivity index (χ0n) is 11.9. The molecule has 1 unspecified atom stereocenters. The Balaban J connectivity index is 2.47. The molecule has 0 saturated carbocycles. The summed E-state index contributed by atoms with van der Waals surface area (Å²) in [5.41, 5.74) is 1.79. The second-order valence-electron chi connectivity index (χ2n) is 5.75. The second-order valence-corrected chi connectivity index (χ2v) is 5.75. The molecule has 1 aliphatic heterocycles. The van der Waals surface area contributed by atoms with Crippen molar-refractivity contribution in [2.45, 2.75) is 45.8 Å². The molecule has 0 aliphatic carbocycles. The number of benzene rings is 1. The lowest BCUT2D eigenvalue weighted by molar-refractivity contribution is -0.0254. The summed E-state index contributed by atoms with van der Waals surface area (Å²) in [6, 6.07) is 5.50. The third-order valence-corrected chi connectivity index (χ3v) is 3.36. The Kier molecular flexibility index (Phi) is 3.50. The lowest BCUT2D eigenvalue weighted by Crippen LogP contribution is -2.50. The van der Waals surface area contributed by atoms with Gasteiger partial charge in [-0.15, -0.1) is 0 Å². The SMILES string of the molecule is CC(C)=CCc1cccc2c1OC(C)(C)C(O)C2=O. The van der Waals surface area contributed by atoms with E-state index in [9.17, 15) is 9.90 Å². The van der Waals surface area contributed by atoms with E-state index in [4.69, 9.17) is 4.74 Å². The van der Waals surface area contributed by atoms with Crippen molar-refractivity contribution in [3.63, 3.8) is 0 Å². The van der Waals surface area contributed by atoms with Crippen molar-refractivity contribution >= 4 is 5.78 Å². The van der Waals surface area contributed by atoms with Gasteiger partial charge in [0.2, 0.25) is 0 Å². The van der Waals surface area contributed by atoms with Gasteiger partial charge in [-0.25, -0.2) is 0 Å². The smallest absolute Gasteiger partial charge is 0.199 e. The highest BCUT2D eigenvalue weighted by molar-refractivity contribution is 6.03. The third-order valence-electron chi connectivity index (χ3n) is 3.36. The van der Waals surface area contributed by atoms with Crippen molar-refractivity contribution in [3.05, 3.63) is 41.0 Å². The molecule has 2 rings (SSSR count). The van der Waals surface area contributed by atoms with Crippen LogP contribution in [0.2, 0.25) is 0 Å². The summed E-state index contributed by atoms with van der Waals surface area (Å²) in [6.45, 7) is 7.54. The number of ether oxygens (including phenoxy) is 1. The van der Waals surface area contributed by atoms with Crippen LogP contribution >= 0.6 is 0 Å². The first kappa shape index (κ1) is 13.8. The number of hydrogen-bond acceptors (Lipinski definition) is 3. The molecule has 102 valence electrons. The number of hydrogen-bond donors (Lipinski definition) is 1. The number of ketones is 1. The van der Waals surface area contributed by atoms with Gasteiger partial charge in [-0.1, -0.05) is 23.8 Å². The zero-order chi connectivity index (χ0) is 14.2. The molecule has 0 aromatic heterocycles. The van der Waals surface area contributed by atoms with Gasteiger partial charge in [-0.3, -0.25) is 4.79 Å². The maximum Gasteiger partial charge on any atom is 0.199 e. The van der Waals surface area contributed by atoms with Gasteiger partial charge in [-0.2, -0.15) is 0 Å². The van der Waals surface area contributed by atoms with Crippen LogP contribution < -0.4 is 4.74 Å². The molecule has 0 spiro atoms. The number of fused-ring (bicyclic) bond motifs is 1. The molecule has 1 aromatic carbocycles. The molecule has 1 heterocycles. The second kappa shape index (κ2) is 4.82. The van der Waals surface area contributed by atoms with Gasteiger partial charge in [0.15, 0.2) is 11.9 Å². The van der Waals surface area contributed by atoms with Gasteiger partial charge < -0.3 is 9.84 Å². The van der Waals surface area contributed by atoms with Crippen molar-refractivity contribution in [2.75, 3.05) is 0 Å². The molecule has 1 N–H and O–H groups in total. The monoisotopic (exact) mass is 260 g/mol. The van der Waals surface area contributed by atoms with E-state index in [1.165, 1.54) is 5.57 Å². The zero-order valence-corrected chi connectivity index (χ0v) is 11.9. The molecule has 1 aromatic rings. The molecule has 0 amide bonds. The van der Waals surface area contributed by atoms with E-state index in [0.29, 0.717) is 11.3 Å². The summed E-state index contributed by atoms with van der Waals surface area (Å²) in [5.74, 6) is 0.352.